The summed E-state index contributed by atoms with van der Waals surface area (Å²) in [6.45, 7) is 5.63. The Morgan fingerprint density at radius 1 is 1.21 bits per heavy atom. The van der Waals surface area contributed by atoms with Crippen LogP contribution in [0.1, 0.15) is 75.4 Å². The van der Waals surface area contributed by atoms with E-state index in [2.05, 4.69) is 11.4 Å². The molecule has 1 heterocycles. The molecule has 0 bridgehead atoms. The average Bonchev–Trinajstić information content (AvgIpc) is 3.09. The molecule has 29 heavy (non-hydrogen) atoms. The van der Waals surface area contributed by atoms with E-state index in [1.165, 1.54) is 0 Å². The van der Waals surface area contributed by atoms with Gasteiger partial charge >= 0.3 is 5.97 Å². The molecular formula is C23H28N2O4. The zero-order valence-corrected chi connectivity index (χ0v) is 17.3. The van der Waals surface area contributed by atoms with Crippen LogP contribution in [0.15, 0.2) is 28.7 Å². The Labute approximate surface area is 171 Å². The molecule has 0 atom stereocenters. The Balaban J connectivity index is 1.46. The van der Waals surface area contributed by atoms with Crippen LogP contribution in [-0.4, -0.2) is 23.5 Å². The standard InChI is InChI=1S/C23H28N2O4/c1-23(2,3)29-21(26)11-7-15-4-8-18(9-5-15)25-22(27)20-13-17-12-16(14-24)6-10-19(17)28-20/h6,10,12-13,15,18H,4-5,7-9,11H2,1-3H3,(H,25,27). The summed E-state index contributed by atoms with van der Waals surface area (Å²) in [7, 11) is 0. The van der Waals surface area contributed by atoms with E-state index in [0.717, 1.165) is 37.5 Å². The van der Waals surface area contributed by atoms with Crippen LogP contribution in [0, 0.1) is 17.2 Å². The Morgan fingerprint density at radius 2 is 1.93 bits per heavy atom. The fraction of sp³-hybridized carbons (Fsp3) is 0.522. The summed E-state index contributed by atoms with van der Waals surface area (Å²) in [6.07, 6.45) is 5.04. The number of esters is 1. The summed E-state index contributed by atoms with van der Waals surface area (Å²) in [6, 6.07) is 8.97. The highest BCUT2D eigenvalue weighted by Gasteiger charge is 2.25. The number of nitrogens with zero attached hydrogens (tertiary/aromatic N) is 1. The predicted molar refractivity (Wildman–Crippen MR) is 109 cm³/mol. The van der Waals surface area contributed by atoms with E-state index in [-0.39, 0.29) is 23.7 Å². The van der Waals surface area contributed by atoms with Gasteiger partial charge in [0.05, 0.1) is 11.6 Å². The minimum Gasteiger partial charge on any atom is -0.460 e. The van der Waals surface area contributed by atoms with Gasteiger partial charge < -0.3 is 14.5 Å². The first kappa shape index (κ1) is 20.9. The SMILES string of the molecule is CC(C)(C)OC(=O)CCC1CCC(NC(=O)c2cc3cc(C#N)ccc3o2)CC1. The number of furan rings is 1. The Morgan fingerprint density at radius 3 is 2.59 bits per heavy atom. The van der Waals surface area contributed by atoms with Crippen LogP contribution in [0.25, 0.3) is 11.0 Å². The zero-order chi connectivity index (χ0) is 21.0. The third-order valence-corrected chi connectivity index (χ3v) is 5.23. The summed E-state index contributed by atoms with van der Waals surface area (Å²) in [5, 5.41) is 12.8. The van der Waals surface area contributed by atoms with Gasteiger partial charge in [0, 0.05) is 17.8 Å². The zero-order valence-electron chi connectivity index (χ0n) is 17.3. The first-order chi connectivity index (χ1) is 13.7. The van der Waals surface area contributed by atoms with Crippen molar-refractivity contribution in [2.75, 3.05) is 0 Å². The van der Waals surface area contributed by atoms with Gasteiger partial charge in [-0.25, -0.2) is 0 Å². The number of fused-ring (bicyclic) bond motifs is 1. The van der Waals surface area contributed by atoms with Crippen LogP contribution in [-0.2, 0) is 9.53 Å². The third kappa shape index (κ3) is 5.83. The van der Waals surface area contributed by atoms with Crippen molar-refractivity contribution in [1.29, 1.82) is 5.26 Å². The van der Waals surface area contributed by atoms with Gasteiger partial charge in [0.15, 0.2) is 5.76 Å². The van der Waals surface area contributed by atoms with E-state index in [0.29, 0.717) is 23.5 Å². The molecule has 1 aliphatic carbocycles. The molecule has 154 valence electrons. The Bertz CT molecular complexity index is 924. The van der Waals surface area contributed by atoms with E-state index >= 15 is 0 Å². The summed E-state index contributed by atoms with van der Waals surface area (Å²) in [5.74, 6) is 0.391. The van der Waals surface area contributed by atoms with Crippen molar-refractivity contribution in [2.45, 2.75) is 70.9 Å². The molecule has 1 aliphatic rings. The van der Waals surface area contributed by atoms with Crippen molar-refractivity contribution in [1.82, 2.24) is 5.32 Å². The van der Waals surface area contributed by atoms with Gasteiger partial charge in [-0.1, -0.05) is 0 Å². The number of benzene rings is 1. The van der Waals surface area contributed by atoms with Crippen LogP contribution in [0.5, 0.6) is 0 Å². The van der Waals surface area contributed by atoms with Crippen LogP contribution in [0.4, 0.5) is 0 Å². The molecule has 1 amide bonds. The second-order valence-electron chi connectivity index (χ2n) is 8.79. The largest absolute Gasteiger partial charge is 0.460 e. The number of carbonyl (C=O) groups is 2. The highest BCUT2D eigenvalue weighted by molar-refractivity contribution is 5.96. The number of amides is 1. The topological polar surface area (TPSA) is 92.3 Å². The maximum Gasteiger partial charge on any atom is 0.306 e. The fourth-order valence-electron chi connectivity index (χ4n) is 3.79. The van der Waals surface area contributed by atoms with E-state index in [1.807, 2.05) is 20.8 Å². The van der Waals surface area contributed by atoms with Gasteiger partial charge in [-0.2, -0.15) is 5.26 Å². The van der Waals surface area contributed by atoms with Crippen molar-refractivity contribution >= 4 is 22.8 Å². The third-order valence-electron chi connectivity index (χ3n) is 5.23. The van der Waals surface area contributed by atoms with Gasteiger partial charge in [-0.05, 0) is 83.1 Å². The number of rotatable bonds is 5. The smallest absolute Gasteiger partial charge is 0.306 e. The molecule has 1 aromatic heterocycles. The van der Waals surface area contributed by atoms with Crippen LogP contribution >= 0.6 is 0 Å². The van der Waals surface area contributed by atoms with Crippen molar-refractivity contribution in [2.24, 2.45) is 5.92 Å². The molecule has 1 N–H and O–H groups in total. The number of hydrogen-bond acceptors (Lipinski definition) is 5. The number of hydrogen-bond donors (Lipinski definition) is 1. The second kappa shape index (κ2) is 8.69. The lowest BCUT2D eigenvalue weighted by molar-refractivity contribution is -0.155. The van der Waals surface area contributed by atoms with Crippen LogP contribution < -0.4 is 5.32 Å². The average molecular weight is 396 g/mol. The number of nitriles is 1. The molecular weight excluding hydrogens is 368 g/mol. The highest BCUT2D eigenvalue weighted by atomic mass is 16.6. The van der Waals surface area contributed by atoms with Crippen LogP contribution in [0.2, 0.25) is 0 Å². The molecule has 0 spiro atoms. The lowest BCUT2D eigenvalue weighted by Crippen LogP contribution is -2.37. The lowest BCUT2D eigenvalue weighted by atomic mass is 9.83. The lowest BCUT2D eigenvalue weighted by Gasteiger charge is -2.29. The Kier molecular flexibility index (Phi) is 6.26. The maximum absolute atomic E-state index is 12.5. The molecule has 1 saturated carbocycles. The molecule has 1 fully saturated rings. The molecule has 6 heteroatoms. The Hall–Kier alpha value is -2.81. The van der Waals surface area contributed by atoms with Crippen molar-refractivity contribution < 1.29 is 18.7 Å². The predicted octanol–water partition coefficient (Wildman–Crippen LogP) is 4.71. The van der Waals surface area contributed by atoms with Gasteiger partial charge in [0.25, 0.3) is 5.91 Å². The highest BCUT2D eigenvalue weighted by Crippen LogP contribution is 2.29. The minimum absolute atomic E-state index is 0.114. The monoisotopic (exact) mass is 396 g/mol. The number of ether oxygens (including phenoxy) is 1. The molecule has 2 aromatic rings. The summed E-state index contributed by atoms with van der Waals surface area (Å²) in [4.78, 5) is 24.4. The molecule has 6 nitrogen and oxygen atoms in total. The summed E-state index contributed by atoms with van der Waals surface area (Å²) >= 11 is 0. The van der Waals surface area contributed by atoms with Gasteiger partial charge in [-0.3, -0.25) is 9.59 Å². The molecule has 0 unspecified atom stereocenters. The summed E-state index contributed by atoms with van der Waals surface area (Å²) in [5.41, 5.74) is 0.696. The van der Waals surface area contributed by atoms with E-state index in [9.17, 15) is 9.59 Å². The van der Waals surface area contributed by atoms with Crippen LogP contribution in [0.3, 0.4) is 0 Å². The van der Waals surface area contributed by atoms with Gasteiger partial charge in [-0.15, -0.1) is 0 Å². The molecule has 0 saturated heterocycles. The van der Waals surface area contributed by atoms with Crippen molar-refractivity contribution in [3.8, 4) is 6.07 Å². The normalized spacial score (nSPS) is 19.5. The van der Waals surface area contributed by atoms with E-state index in [4.69, 9.17) is 14.4 Å². The molecule has 1 aromatic carbocycles. The van der Waals surface area contributed by atoms with Crippen molar-refractivity contribution in [3.05, 3.63) is 35.6 Å². The number of carbonyl (C=O) groups excluding carboxylic acids is 2. The first-order valence-electron chi connectivity index (χ1n) is 10.2. The molecule has 0 radical (unpaired) electrons. The van der Waals surface area contributed by atoms with Gasteiger partial charge in [0.2, 0.25) is 0 Å². The van der Waals surface area contributed by atoms with E-state index in [1.54, 1.807) is 24.3 Å². The van der Waals surface area contributed by atoms with Crippen molar-refractivity contribution in [3.63, 3.8) is 0 Å². The second-order valence-corrected chi connectivity index (χ2v) is 8.79. The fourth-order valence-corrected chi connectivity index (χ4v) is 3.79. The minimum atomic E-state index is -0.439. The summed E-state index contributed by atoms with van der Waals surface area (Å²) < 4.78 is 11.0. The number of nitrogens with one attached hydrogen (secondary N) is 1. The molecule has 0 aliphatic heterocycles. The van der Waals surface area contributed by atoms with E-state index < -0.39 is 5.60 Å². The van der Waals surface area contributed by atoms with Gasteiger partial charge in [0.1, 0.15) is 11.2 Å². The first-order valence-corrected chi connectivity index (χ1v) is 10.2. The molecule has 3 rings (SSSR count). The quantitative estimate of drug-likeness (QED) is 0.739. The maximum atomic E-state index is 12.5.